The number of carboxylic acids is 1. The average Bonchev–Trinajstić information content (AvgIpc) is 2.97. The molecule has 0 radical (unpaired) electrons. The van der Waals surface area contributed by atoms with Gasteiger partial charge in [-0.2, -0.15) is 0 Å². The van der Waals surface area contributed by atoms with Crippen molar-refractivity contribution in [3.05, 3.63) is 46.7 Å². The molecule has 2 heterocycles. The summed E-state index contributed by atoms with van der Waals surface area (Å²) in [6.07, 6.45) is 0. The second kappa shape index (κ2) is 3.98. The highest BCUT2D eigenvalue weighted by Crippen LogP contribution is 2.31. The number of carbonyl (C=O) groups is 1. The van der Waals surface area contributed by atoms with E-state index in [9.17, 15) is 4.79 Å². The Labute approximate surface area is 106 Å². The fraction of sp³-hybridized carbons (Fsp3) is 0. The van der Waals surface area contributed by atoms with Gasteiger partial charge in [-0.05, 0) is 46.7 Å². The van der Waals surface area contributed by atoms with E-state index in [-0.39, 0.29) is 0 Å². The molecule has 2 aromatic heterocycles. The van der Waals surface area contributed by atoms with Gasteiger partial charge in [0, 0.05) is 9.58 Å². The number of fused-ring (bicyclic) bond motifs is 1. The zero-order chi connectivity index (χ0) is 11.8. The van der Waals surface area contributed by atoms with E-state index in [0.717, 1.165) is 10.4 Å². The van der Waals surface area contributed by atoms with Crippen LogP contribution < -0.4 is 0 Å². The van der Waals surface area contributed by atoms with Crippen LogP contribution in [-0.4, -0.2) is 11.1 Å². The predicted molar refractivity (Wildman–Crippen MR) is 72.1 cm³/mol. The molecule has 0 aliphatic heterocycles. The lowest BCUT2D eigenvalue weighted by atomic mass is 10.1. The fourth-order valence-electron chi connectivity index (χ4n) is 1.73. The topological polar surface area (TPSA) is 37.3 Å². The molecule has 0 amide bonds. The number of hydrogen-bond acceptors (Lipinski definition) is 3. The maximum atomic E-state index is 10.8. The Morgan fingerprint density at radius 1 is 1.12 bits per heavy atom. The molecule has 0 fully saturated rings. The van der Waals surface area contributed by atoms with Gasteiger partial charge in [0.15, 0.2) is 0 Å². The summed E-state index contributed by atoms with van der Waals surface area (Å²) in [5.74, 6) is -0.863. The SMILES string of the molecule is O=C(O)c1ccc(-c2ccc3sccc3c2)s1. The lowest BCUT2D eigenvalue weighted by molar-refractivity contribution is 0.0702. The Hall–Kier alpha value is -1.65. The van der Waals surface area contributed by atoms with Gasteiger partial charge >= 0.3 is 5.97 Å². The van der Waals surface area contributed by atoms with Crippen molar-refractivity contribution in [2.24, 2.45) is 0 Å². The molecule has 0 aliphatic carbocycles. The van der Waals surface area contributed by atoms with Gasteiger partial charge in [-0.3, -0.25) is 0 Å². The number of benzene rings is 1. The highest BCUT2D eigenvalue weighted by Gasteiger charge is 2.08. The van der Waals surface area contributed by atoms with E-state index in [1.54, 1.807) is 17.4 Å². The molecule has 0 bridgehead atoms. The summed E-state index contributed by atoms with van der Waals surface area (Å²) in [6.45, 7) is 0. The summed E-state index contributed by atoms with van der Waals surface area (Å²) >= 11 is 3.02. The number of carboxylic acid groups (broad SMARTS) is 1. The molecule has 2 nitrogen and oxygen atoms in total. The second-order valence-corrected chi connectivity index (χ2v) is 5.67. The third-order valence-corrected chi connectivity index (χ3v) is 4.57. The Balaban J connectivity index is 2.09. The number of hydrogen-bond donors (Lipinski definition) is 1. The van der Waals surface area contributed by atoms with Gasteiger partial charge in [-0.25, -0.2) is 4.79 Å². The summed E-state index contributed by atoms with van der Waals surface area (Å²) in [5.41, 5.74) is 1.08. The highest BCUT2D eigenvalue weighted by atomic mass is 32.1. The summed E-state index contributed by atoms with van der Waals surface area (Å²) in [7, 11) is 0. The number of aromatic carboxylic acids is 1. The van der Waals surface area contributed by atoms with Crippen LogP contribution in [0.3, 0.4) is 0 Å². The van der Waals surface area contributed by atoms with Gasteiger partial charge in [0.05, 0.1) is 0 Å². The first kappa shape index (κ1) is 10.5. The standard InChI is InChI=1S/C13H8O2S2/c14-13(15)12-4-3-11(17-12)8-1-2-10-9(7-8)5-6-16-10/h1-7H,(H,14,15). The first-order valence-electron chi connectivity index (χ1n) is 5.05. The van der Waals surface area contributed by atoms with Gasteiger partial charge in [0.2, 0.25) is 0 Å². The van der Waals surface area contributed by atoms with Crippen molar-refractivity contribution in [2.75, 3.05) is 0 Å². The number of rotatable bonds is 2. The molecule has 17 heavy (non-hydrogen) atoms. The molecule has 0 unspecified atom stereocenters. The van der Waals surface area contributed by atoms with Crippen molar-refractivity contribution in [3.63, 3.8) is 0 Å². The van der Waals surface area contributed by atoms with E-state index in [0.29, 0.717) is 4.88 Å². The molecule has 1 aromatic carbocycles. The van der Waals surface area contributed by atoms with Crippen LogP contribution in [0.25, 0.3) is 20.5 Å². The Morgan fingerprint density at radius 2 is 2.00 bits per heavy atom. The van der Waals surface area contributed by atoms with E-state index in [4.69, 9.17) is 5.11 Å². The molecular formula is C13H8O2S2. The van der Waals surface area contributed by atoms with Crippen molar-refractivity contribution in [3.8, 4) is 10.4 Å². The molecule has 0 saturated heterocycles. The highest BCUT2D eigenvalue weighted by molar-refractivity contribution is 7.17. The van der Waals surface area contributed by atoms with Crippen LogP contribution in [0.1, 0.15) is 9.67 Å². The van der Waals surface area contributed by atoms with Crippen LogP contribution >= 0.6 is 22.7 Å². The smallest absolute Gasteiger partial charge is 0.345 e. The zero-order valence-electron chi connectivity index (χ0n) is 8.71. The lowest BCUT2D eigenvalue weighted by Gasteiger charge is -1.97. The average molecular weight is 260 g/mol. The molecule has 0 spiro atoms. The molecule has 3 aromatic rings. The summed E-state index contributed by atoms with van der Waals surface area (Å²) in [5, 5.41) is 12.2. The minimum atomic E-state index is -0.863. The molecule has 0 saturated carbocycles. The van der Waals surface area contributed by atoms with Crippen LogP contribution in [-0.2, 0) is 0 Å². The largest absolute Gasteiger partial charge is 0.477 e. The predicted octanol–water partition coefficient (Wildman–Crippen LogP) is 4.33. The van der Waals surface area contributed by atoms with Crippen LogP contribution in [0, 0.1) is 0 Å². The molecule has 3 rings (SSSR count). The van der Waals surface area contributed by atoms with Gasteiger partial charge in [-0.15, -0.1) is 22.7 Å². The van der Waals surface area contributed by atoms with Crippen LogP contribution in [0.15, 0.2) is 41.8 Å². The van der Waals surface area contributed by atoms with E-state index in [1.807, 2.05) is 12.1 Å². The van der Waals surface area contributed by atoms with Crippen molar-refractivity contribution >= 4 is 38.7 Å². The first-order valence-corrected chi connectivity index (χ1v) is 6.74. The fourth-order valence-corrected chi connectivity index (χ4v) is 3.34. The molecule has 1 N–H and O–H groups in total. The summed E-state index contributed by atoms with van der Waals surface area (Å²) < 4.78 is 1.25. The van der Waals surface area contributed by atoms with E-state index in [2.05, 4.69) is 23.6 Å². The lowest BCUT2D eigenvalue weighted by Crippen LogP contribution is -1.89. The quantitative estimate of drug-likeness (QED) is 0.744. The first-order chi connectivity index (χ1) is 8.24. The third kappa shape index (κ3) is 1.85. The van der Waals surface area contributed by atoms with E-state index >= 15 is 0 Å². The molecule has 84 valence electrons. The van der Waals surface area contributed by atoms with Crippen molar-refractivity contribution < 1.29 is 9.90 Å². The third-order valence-electron chi connectivity index (χ3n) is 2.55. The Morgan fingerprint density at radius 3 is 2.76 bits per heavy atom. The monoisotopic (exact) mass is 260 g/mol. The van der Waals surface area contributed by atoms with E-state index in [1.165, 1.54) is 21.4 Å². The summed E-state index contributed by atoms with van der Waals surface area (Å²) in [6, 6.07) is 11.8. The van der Waals surface area contributed by atoms with Crippen molar-refractivity contribution in [1.29, 1.82) is 0 Å². The van der Waals surface area contributed by atoms with Gasteiger partial charge < -0.3 is 5.11 Å². The van der Waals surface area contributed by atoms with Crippen molar-refractivity contribution in [2.45, 2.75) is 0 Å². The molecular weight excluding hydrogens is 252 g/mol. The van der Waals surface area contributed by atoms with Gasteiger partial charge in [0.25, 0.3) is 0 Å². The maximum Gasteiger partial charge on any atom is 0.345 e. The van der Waals surface area contributed by atoms with Gasteiger partial charge in [0.1, 0.15) is 4.88 Å². The van der Waals surface area contributed by atoms with Crippen LogP contribution in [0.2, 0.25) is 0 Å². The maximum absolute atomic E-state index is 10.8. The summed E-state index contributed by atoms with van der Waals surface area (Å²) in [4.78, 5) is 12.2. The van der Waals surface area contributed by atoms with Gasteiger partial charge in [-0.1, -0.05) is 6.07 Å². The Kier molecular flexibility index (Phi) is 2.46. The molecule has 0 aliphatic rings. The molecule has 4 heteroatoms. The normalized spacial score (nSPS) is 10.8. The van der Waals surface area contributed by atoms with Crippen LogP contribution in [0.5, 0.6) is 0 Å². The molecule has 0 atom stereocenters. The minimum Gasteiger partial charge on any atom is -0.477 e. The zero-order valence-corrected chi connectivity index (χ0v) is 10.3. The number of thiophene rings is 2. The van der Waals surface area contributed by atoms with Crippen LogP contribution in [0.4, 0.5) is 0 Å². The van der Waals surface area contributed by atoms with Crippen molar-refractivity contribution in [1.82, 2.24) is 0 Å². The second-order valence-electron chi connectivity index (χ2n) is 3.64. The van der Waals surface area contributed by atoms with E-state index < -0.39 is 5.97 Å². The Bertz CT molecular complexity index is 694. The minimum absolute atomic E-state index is 0.380.